The summed E-state index contributed by atoms with van der Waals surface area (Å²) >= 11 is 0. The van der Waals surface area contributed by atoms with Gasteiger partial charge in [0.25, 0.3) is 0 Å². The summed E-state index contributed by atoms with van der Waals surface area (Å²) in [5.74, 6) is 0.695. The van der Waals surface area contributed by atoms with Gasteiger partial charge in [-0.1, -0.05) is 40.5 Å². The molecule has 3 atom stereocenters. The summed E-state index contributed by atoms with van der Waals surface area (Å²) in [4.78, 5) is 0. The van der Waals surface area contributed by atoms with Crippen LogP contribution in [0.4, 0.5) is 0 Å². The molecule has 0 fully saturated rings. The minimum atomic E-state index is 0.403. The normalized spacial score (nSPS) is 17.1. The Hall–Kier alpha value is -0.0800. The molecule has 0 spiro atoms. The highest BCUT2D eigenvalue weighted by Gasteiger charge is 2.16. The third-order valence-corrected chi connectivity index (χ3v) is 3.24. The predicted octanol–water partition coefficient (Wildman–Crippen LogP) is 3.61. The number of hydrogen-bond acceptors (Lipinski definition) is 2. The van der Waals surface area contributed by atoms with Crippen LogP contribution in [0.15, 0.2) is 0 Å². The van der Waals surface area contributed by atoms with Crippen LogP contribution >= 0.6 is 0 Å². The van der Waals surface area contributed by atoms with Gasteiger partial charge in [0.05, 0.1) is 12.7 Å². The van der Waals surface area contributed by atoms with Gasteiger partial charge in [0.2, 0.25) is 0 Å². The molecule has 16 heavy (non-hydrogen) atoms. The second-order valence-electron chi connectivity index (χ2n) is 4.88. The Kier molecular flexibility index (Phi) is 10.0. The molecule has 0 saturated heterocycles. The fraction of sp³-hybridized carbons (Fsp3) is 1.00. The van der Waals surface area contributed by atoms with Crippen molar-refractivity contribution in [1.82, 2.24) is 5.32 Å². The van der Waals surface area contributed by atoms with Gasteiger partial charge < -0.3 is 10.1 Å². The molecule has 3 unspecified atom stereocenters. The minimum Gasteiger partial charge on any atom is -0.377 e. The Labute approximate surface area is 102 Å². The van der Waals surface area contributed by atoms with Crippen LogP contribution in [0.25, 0.3) is 0 Å². The standard InChI is InChI=1S/C14H31NO/c1-6-9-13(5)16-11-14(12(4)8-3)15-10-7-2/h12-15H,6-11H2,1-5H3. The van der Waals surface area contributed by atoms with Gasteiger partial charge in [-0.3, -0.25) is 0 Å². The fourth-order valence-electron chi connectivity index (χ4n) is 1.80. The monoisotopic (exact) mass is 229 g/mol. The smallest absolute Gasteiger partial charge is 0.0625 e. The Bertz CT molecular complexity index is 150. The van der Waals surface area contributed by atoms with Gasteiger partial charge in [0, 0.05) is 6.04 Å². The van der Waals surface area contributed by atoms with Crippen molar-refractivity contribution in [2.75, 3.05) is 13.2 Å². The largest absolute Gasteiger partial charge is 0.377 e. The van der Waals surface area contributed by atoms with E-state index in [0.29, 0.717) is 18.1 Å². The maximum Gasteiger partial charge on any atom is 0.0625 e. The molecule has 98 valence electrons. The first-order valence-electron chi connectivity index (χ1n) is 7.00. The van der Waals surface area contributed by atoms with Crippen LogP contribution in [0.5, 0.6) is 0 Å². The maximum atomic E-state index is 5.90. The number of ether oxygens (including phenoxy) is 1. The first-order chi connectivity index (χ1) is 7.65. The third kappa shape index (κ3) is 7.24. The fourth-order valence-corrected chi connectivity index (χ4v) is 1.80. The van der Waals surface area contributed by atoms with Crippen LogP contribution in [0.3, 0.4) is 0 Å². The number of rotatable bonds is 10. The molecule has 0 aromatic carbocycles. The van der Waals surface area contributed by atoms with E-state index in [1.807, 2.05) is 0 Å². The Morgan fingerprint density at radius 2 is 1.75 bits per heavy atom. The van der Waals surface area contributed by atoms with E-state index in [1.165, 1.54) is 25.7 Å². The highest BCUT2D eigenvalue weighted by molar-refractivity contribution is 4.72. The Morgan fingerprint density at radius 1 is 1.06 bits per heavy atom. The zero-order chi connectivity index (χ0) is 12.4. The molecule has 0 rings (SSSR count). The molecule has 0 aromatic heterocycles. The number of nitrogens with one attached hydrogen (secondary N) is 1. The van der Waals surface area contributed by atoms with E-state index >= 15 is 0 Å². The van der Waals surface area contributed by atoms with Crippen LogP contribution in [-0.2, 0) is 4.74 Å². The molecule has 0 radical (unpaired) electrons. The summed E-state index contributed by atoms with van der Waals surface area (Å²) in [6.45, 7) is 13.1. The lowest BCUT2D eigenvalue weighted by Gasteiger charge is -2.26. The summed E-state index contributed by atoms with van der Waals surface area (Å²) in [5.41, 5.74) is 0. The summed E-state index contributed by atoms with van der Waals surface area (Å²) in [7, 11) is 0. The van der Waals surface area contributed by atoms with Crippen molar-refractivity contribution >= 4 is 0 Å². The van der Waals surface area contributed by atoms with E-state index in [1.54, 1.807) is 0 Å². The minimum absolute atomic E-state index is 0.403. The van der Waals surface area contributed by atoms with E-state index in [-0.39, 0.29) is 0 Å². The van der Waals surface area contributed by atoms with Gasteiger partial charge in [-0.05, 0) is 32.2 Å². The lowest BCUT2D eigenvalue weighted by molar-refractivity contribution is 0.0340. The first kappa shape index (κ1) is 15.9. The molecule has 1 N–H and O–H groups in total. The molecular formula is C14H31NO. The quantitative estimate of drug-likeness (QED) is 0.618. The first-order valence-corrected chi connectivity index (χ1v) is 7.00. The molecule has 0 amide bonds. The van der Waals surface area contributed by atoms with Crippen molar-refractivity contribution in [3.05, 3.63) is 0 Å². The highest BCUT2D eigenvalue weighted by Crippen LogP contribution is 2.10. The predicted molar refractivity (Wildman–Crippen MR) is 71.9 cm³/mol. The van der Waals surface area contributed by atoms with Crippen LogP contribution in [0.2, 0.25) is 0 Å². The topological polar surface area (TPSA) is 21.3 Å². The van der Waals surface area contributed by atoms with Gasteiger partial charge >= 0.3 is 0 Å². The molecule has 0 aliphatic heterocycles. The van der Waals surface area contributed by atoms with Crippen molar-refractivity contribution < 1.29 is 4.74 Å². The molecule has 2 heteroatoms. The van der Waals surface area contributed by atoms with Crippen molar-refractivity contribution in [3.63, 3.8) is 0 Å². The van der Waals surface area contributed by atoms with Crippen molar-refractivity contribution in [2.45, 2.75) is 72.4 Å². The van der Waals surface area contributed by atoms with Crippen molar-refractivity contribution in [2.24, 2.45) is 5.92 Å². The molecule has 0 aliphatic rings. The molecule has 0 saturated carbocycles. The summed E-state index contributed by atoms with van der Waals surface area (Å²) in [5, 5.41) is 3.59. The van der Waals surface area contributed by atoms with Gasteiger partial charge in [0.15, 0.2) is 0 Å². The maximum absolute atomic E-state index is 5.90. The Balaban J connectivity index is 3.90. The second-order valence-corrected chi connectivity index (χ2v) is 4.88. The van der Waals surface area contributed by atoms with Crippen LogP contribution in [0.1, 0.15) is 60.3 Å². The van der Waals surface area contributed by atoms with Gasteiger partial charge in [-0.25, -0.2) is 0 Å². The molecule has 0 aliphatic carbocycles. The number of hydrogen-bond donors (Lipinski definition) is 1. The lowest BCUT2D eigenvalue weighted by atomic mass is 10.00. The van der Waals surface area contributed by atoms with Crippen molar-refractivity contribution in [1.29, 1.82) is 0 Å². The molecule has 0 aromatic rings. The Morgan fingerprint density at radius 3 is 2.25 bits per heavy atom. The summed E-state index contributed by atoms with van der Waals surface area (Å²) in [6, 6.07) is 0.518. The van der Waals surface area contributed by atoms with Crippen LogP contribution in [-0.4, -0.2) is 25.3 Å². The van der Waals surface area contributed by atoms with Gasteiger partial charge in [-0.2, -0.15) is 0 Å². The molecule has 0 heterocycles. The van der Waals surface area contributed by atoms with Gasteiger partial charge in [-0.15, -0.1) is 0 Å². The van der Waals surface area contributed by atoms with E-state index in [9.17, 15) is 0 Å². The van der Waals surface area contributed by atoms with E-state index in [0.717, 1.165) is 13.2 Å². The van der Waals surface area contributed by atoms with Crippen LogP contribution in [0, 0.1) is 5.92 Å². The zero-order valence-electron chi connectivity index (χ0n) is 11.9. The summed E-state index contributed by atoms with van der Waals surface area (Å²) in [6.07, 6.45) is 5.18. The highest BCUT2D eigenvalue weighted by atomic mass is 16.5. The SMILES string of the molecule is CCCNC(COC(C)CCC)C(C)CC. The second kappa shape index (κ2) is 10.1. The molecule has 0 bridgehead atoms. The van der Waals surface area contributed by atoms with E-state index in [4.69, 9.17) is 4.74 Å². The van der Waals surface area contributed by atoms with E-state index in [2.05, 4.69) is 39.9 Å². The third-order valence-electron chi connectivity index (χ3n) is 3.24. The van der Waals surface area contributed by atoms with E-state index < -0.39 is 0 Å². The van der Waals surface area contributed by atoms with Gasteiger partial charge in [0.1, 0.15) is 0 Å². The van der Waals surface area contributed by atoms with Crippen molar-refractivity contribution in [3.8, 4) is 0 Å². The molecular weight excluding hydrogens is 198 g/mol. The summed E-state index contributed by atoms with van der Waals surface area (Å²) < 4.78 is 5.90. The lowest BCUT2D eigenvalue weighted by Crippen LogP contribution is -2.40. The average Bonchev–Trinajstić information content (AvgIpc) is 2.28. The average molecular weight is 229 g/mol. The molecule has 2 nitrogen and oxygen atoms in total. The zero-order valence-corrected chi connectivity index (χ0v) is 11.9. The van der Waals surface area contributed by atoms with Crippen LogP contribution < -0.4 is 5.32 Å².